The first-order chi connectivity index (χ1) is 11.7. The first-order valence-corrected chi connectivity index (χ1v) is 9.00. The SMILES string of the molecule is CCCCCCCCCNC(=NC)NCc1ccc(C(N)=O)cc1. The molecule has 0 aliphatic heterocycles. The Morgan fingerprint density at radius 3 is 2.21 bits per heavy atom. The summed E-state index contributed by atoms with van der Waals surface area (Å²) in [6.45, 7) is 3.85. The number of nitrogens with two attached hydrogens (primary N) is 1. The molecule has 1 aromatic rings. The van der Waals surface area contributed by atoms with Crippen molar-refractivity contribution < 1.29 is 4.79 Å². The molecule has 0 spiro atoms. The molecular formula is C19H32N4O. The third-order valence-electron chi connectivity index (χ3n) is 3.99. The van der Waals surface area contributed by atoms with E-state index in [9.17, 15) is 4.79 Å². The summed E-state index contributed by atoms with van der Waals surface area (Å²) in [6, 6.07) is 7.29. The van der Waals surface area contributed by atoms with E-state index in [-0.39, 0.29) is 0 Å². The van der Waals surface area contributed by atoms with Crippen molar-refractivity contribution in [2.24, 2.45) is 10.7 Å². The fourth-order valence-electron chi connectivity index (χ4n) is 2.48. The second-order valence-electron chi connectivity index (χ2n) is 6.04. The minimum atomic E-state index is -0.401. The number of hydrogen-bond donors (Lipinski definition) is 3. The number of amides is 1. The summed E-state index contributed by atoms with van der Waals surface area (Å²) in [4.78, 5) is 15.3. The average Bonchev–Trinajstić information content (AvgIpc) is 2.60. The van der Waals surface area contributed by atoms with Crippen molar-refractivity contribution in [2.75, 3.05) is 13.6 Å². The molecule has 5 nitrogen and oxygen atoms in total. The van der Waals surface area contributed by atoms with Crippen LogP contribution in [0.3, 0.4) is 0 Å². The van der Waals surface area contributed by atoms with Crippen molar-refractivity contribution in [3.8, 4) is 0 Å². The van der Waals surface area contributed by atoms with Crippen molar-refractivity contribution in [1.29, 1.82) is 0 Å². The lowest BCUT2D eigenvalue weighted by molar-refractivity contribution is 0.100. The number of benzene rings is 1. The lowest BCUT2D eigenvalue weighted by Crippen LogP contribution is -2.37. The molecule has 0 aliphatic rings. The molecule has 0 saturated heterocycles. The van der Waals surface area contributed by atoms with Crippen LogP contribution in [-0.2, 0) is 6.54 Å². The van der Waals surface area contributed by atoms with Crippen molar-refractivity contribution in [3.63, 3.8) is 0 Å². The van der Waals surface area contributed by atoms with Gasteiger partial charge in [-0.25, -0.2) is 0 Å². The quantitative estimate of drug-likeness (QED) is 0.331. The Hall–Kier alpha value is -2.04. The molecule has 4 N–H and O–H groups in total. The van der Waals surface area contributed by atoms with E-state index in [1.54, 1.807) is 19.2 Å². The lowest BCUT2D eigenvalue weighted by atomic mass is 10.1. The standard InChI is InChI=1S/C19H32N4O/c1-3-4-5-6-7-8-9-14-22-19(21-2)23-15-16-10-12-17(13-11-16)18(20)24/h10-13H,3-9,14-15H2,1-2H3,(H2,20,24)(H2,21,22,23). The Balaban J connectivity index is 2.17. The van der Waals surface area contributed by atoms with Crippen molar-refractivity contribution in [3.05, 3.63) is 35.4 Å². The molecule has 24 heavy (non-hydrogen) atoms. The smallest absolute Gasteiger partial charge is 0.248 e. The summed E-state index contributed by atoms with van der Waals surface area (Å²) in [7, 11) is 1.77. The lowest BCUT2D eigenvalue weighted by Gasteiger charge is -2.12. The van der Waals surface area contributed by atoms with Gasteiger partial charge < -0.3 is 16.4 Å². The topological polar surface area (TPSA) is 79.5 Å². The number of nitrogens with one attached hydrogen (secondary N) is 2. The molecule has 0 fully saturated rings. The van der Waals surface area contributed by atoms with Gasteiger partial charge in [0.1, 0.15) is 0 Å². The summed E-state index contributed by atoms with van der Waals surface area (Å²) in [5, 5.41) is 6.61. The van der Waals surface area contributed by atoms with Crippen molar-refractivity contribution in [1.82, 2.24) is 10.6 Å². The highest BCUT2D eigenvalue weighted by Crippen LogP contribution is 2.06. The number of guanidine groups is 1. The number of rotatable bonds is 11. The number of carbonyl (C=O) groups is 1. The van der Waals surface area contributed by atoms with Crippen molar-refractivity contribution >= 4 is 11.9 Å². The van der Waals surface area contributed by atoms with E-state index in [1.165, 1.54) is 44.9 Å². The molecule has 0 saturated carbocycles. The second kappa shape index (κ2) is 12.4. The van der Waals surface area contributed by atoms with Crippen LogP contribution in [0.25, 0.3) is 0 Å². The molecule has 0 unspecified atom stereocenters. The predicted octanol–water partition coefficient (Wildman–Crippen LogP) is 3.20. The summed E-state index contributed by atoms with van der Waals surface area (Å²) in [5.74, 6) is 0.404. The second-order valence-corrected chi connectivity index (χ2v) is 6.04. The number of aliphatic imine (C=N–C) groups is 1. The van der Waals surface area contributed by atoms with E-state index >= 15 is 0 Å². The van der Waals surface area contributed by atoms with Crippen LogP contribution in [0.5, 0.6) is 0 Å². The minimum Gasteiger partial charge on any atom is -0.366 e. The largest absolute Gasteiger partial charge is 0.366 e. The zero-order valence-electron chi connectivity index (χ0n) is 15.1. The van der Waals surface area contributed by atoms with Crippen LogP contribution in [0.4, 0.5) is 0 Å². The first kappa shape index (κ1) is 20.0. The number of nitrogens with zero attached hydrogens (tertiary/aromatic N) is 1. The zero-order chi connectivity index (χ0) is 17.6. The van der Waals surface area contributed by atoms with Gasteiger partial charge in [-0.1, -0.05) is 57.6 Å². The normalized spacial score (nSPS) is 11.3. The number of primary amides is 1. The van der Waals surface area contributed by atoms with Crippen LogP contribution in [0.2, 0.25) is 0 Å². The van der Waals surface area contributed by atoms with Gasteiger partial charge in [-0.15, -0.1) is 0 Å². The molecule has 0 aliphatic carbocycles. The van der Waals surface area contributed by atoms with Crippen LogP contribution < -0.4 is 16.4 Å². The molecular weight excluding hydrogens is 300 g/mol. The van der Waals surface area contributed by atoms with Crippen LogP contribution in [-0.4, -0.2) is 25.5 Å². The fraction of sp³-hybridized carbons (Fsp3) is 0.579. The molecule has 134 valence electrons. The molecule has 0 atom stereocenters. The van der Waals surface area contributed by atoms with Crippen LogP contribution >= 0.6 is 0 Å². The molecule has 0 bridgehead atoms. The highest BCUT2D eigenvalue weighted by molar-refractivity contribution is 5.92. The van der Waals surface area contributed by atoms with E-state index in [0.717, 1.165) is 18.1 Å². The molecule has 0 heterocycles. The van der Waals surface area contributed by atoms with Crippen LogP contribution in [0.15, 0.2) is 29.3 Å². The molecule has 0 radical (unpaired) electrons. The Bertz CT molecular complexity index is 497. The molecule has 0 aromatic heterocycles. The van der Waals surface area contributed by atoms with Gasteiger partial charge in [-0.2, -0.15) is 0 Å². The van der Waals surface area contributed by atoms with Crippen LogP contribution in [0.1, 0.15) is 67.8 Å². The van der Waals surface area contributed by atoms with E-state index in [0.29, 0.717) is 12.1 Å². The molecule has 1 amide bonds. The van der Waals surface area contributed by atoms with Gasteiger partial charge in [0.2, 0.25) is 5.91 Å². The third-order valence-corrected chi connectivity index (χ3v) is 3.99. The Kier molecular flexibility index (Phi) is 10.3. The molecule has 1 aromatic carbocycles. The Morgan fingerprint density at radius 1 is 1.00 bits per heavy atom. The van der Waals surface area contributed by atoms with Gasteiger partial charge in [0.05, 0.1) is 0 Å². The Morgan fingerprint density at radius 2 is 1.62 bits per heavy atom. The van der Waals surface area contributed by atoms with Crippen molar-refractivity contribution in [2.45, 2.75) is 58.4 Å². The highest BCUT2D eigenvalue weighted by Gasteiger charge is 2.01. The first-order valence-electron chi connectivity index (χ1n) is 9.00. The maximum atomic E-state index is 11.0. The fourth-order valence-corrected chi connectivity index (χ4v) is 2.48. The minimum absolute atomic E-state index is 0.401. The summed E-state index contributed by atoms with van der Waals surface area (Å²) >= 11 is 0. The number of hydrogen-bond acceptors (Lipinski definition) is 2. The number of carbonyl (C=O) groups excluding carboxylic acids is 1. The van der Waals surface area contributed by atoms with Gasteiger partial charge in [-0.05, 0) is 24.1 Å². The summed E-state index contributed by atoms with van der Waals surface area (Å²) in [5.41, 5.74) is 6.85. The van der Waals surface area contributed by atoms with E-state index in [4.69, 9.17) is 5.73 Å². The summed E-state index contributed by atoms with van der Waals surface area (Å²) < 4.78 is 0. The number of unbranched alkanes of at least 4 members (excludes halogenated alkanes) is 6. The van der Waals surface area contributed by atoms with Gasteiger partial charge in [0, 0.05) is 25.7 Å². The van der Waals surface area contributed by atoms with Gasteiger partial charge >= 0.3 is 0 Å². The summed E-state index contributed by atoms with van der Waals surface area (Å²) in [6.07, 6.45) is 9.12. The highest BCUT2D eigenvalue weighted by atomic mass is 16.1. The van der Waals surface area contributed by atoms with E-state index in [1.807, 2.05) is 12.1 Å². The maximum Gasteiger partial charge on any atom is 0.248 e. The average molecular weight is 332 g/mol. The predicted molar refractivity (Wildman–Crippen MR) is 101 cm³/mol. The van der Waals surface area contributed by atoms with Gasteiger partial charge in [0.25, 0.3) is 0 Å². The Labute approximate surface area is 146 Å². The van der Waals surface area contributed by atoms with Crippen LogP contribution in [0, 0.1) is 0 Å². The third kappa shape index (κ3) is 8.56. The van der Waals surface area contributed by atoms with E-state index in [2.05, 4.69) is 22.5 Å². The maximum absolute atomic E-state index is 11.0. The van der Waals surface area contributed by atoms with Gasteiger partial charge in [-0.3, -0.25) is 9.79 Å². The van der Waals surface area contributed by atoms with E-state index < -0.39 is 5.91 Å². The van der Waals surface area contributed by atoms with Gasteiger partial charge in [0.15, 0.2) is 5.96 Å². The molecule has 5 heteroatoms. The zero-order valence-corrected chi connectivity index (χ0v) is 15.1. The monoisotopic (exact) mass is 332 g/mol. The molecule has 1 rings (SSSR count).